The van der Waals surface area contributed by atoms with E-state index in [9.17, 15) is 0 Å². The van der Waals surface area contributed by atoms with Gasteiger partial charge in [-0.3, -0.25) is 0 Å². The van der Waals surface area contributed by atoms with Crippen molar-refractivity contribution in [2.75, 3.05) is 13.6 Å². The summed E-state index contributed by atoms with van der Waals surface area (Å²) in [5, 5.41) is 0. The van der Waals surface area contributed by atoms with Gasteiger partial charge >= 0.3 is 0 Å². The minimum Gasteiger partial charge on any atom is -0.327 e. The summed E-state index contributed by atoms with van der Waals surface area (Å²) >= 11 is 0. The standard InChI is InChI=1S/C18H30N2/c1-14-7-5-8-15(11-14)12-20(4)13-16-9-6-10-18(2,3)17(16)19/h5,7-8,11,16-17H,6,9-10,12-13,19H2,1-4H3. The molecular weight excluding hydrogens is 244 g/mol. The summed E-state index contributed by atoms with van der Waals surface area (Å²) in [4.78, 5) is 2.43. The molecule has 0 aliphatic heterocycles. The Morgan fingerprint density at radius 2 is 2.10 bits per heavy atom. The average molecular weight is 274 g/mol. The van der Waals surface area contributed by atoms with Crippen molar-refractivity contribution in [3.63, 3.8) is 0 Å². The Labute approximate surface area is 124 Å². The number of benzene rings is 1. The van der Waals surface area contributed by atoms with Crippen molar-refractivity contribution in [1.29, 1.82) is 0 Å². The summed E-state index contributed by atoms with van der Waals surface area (Å²) in [5.74, 6) is 0.633. The third-order valence-electron chi connectivity index (χ3n) is 4.89. The number of nitrogens with two attached hydrogens (primary N) is 1. The Hall–Kier alpha value is -0.860. The highest BCUT2D eigenvalue weighted by molar-refractivity contribution is 5.22. The molecule has 0 heterocycles. The number of rotatable bonds is 4. The van der Waals surface area contributed by atoms with Crippen LogP contribution in [0.1, 0.15) is 44.2 Å². The molecule has 1 aromatic carbocycles. The fourth-order valence-electron chi connectivity index (χ4n) is 3.60. The van der Waals surface area contributed by atoms with Crippen LogP contribution in [0.2, 0.25) is 0 Å². The second-order valence-corrected chi connectivity index (χ2v) is 7.35. The summed E-state index contributed by atoms with van der Waals surface area (Å²) in [6, 6.07) is 9.13. The quantitative estimate of drug-likeness (QED) is 0.909. The summed E-state index contributed by atoms with van der Waals surface area (Å²) in [6.07, 6.45) is 3.87. The van der Waals surface area contributed by atoms with Crippen molar-refractivity contribution < 1.29 is 0 Å². The molecule has 1 fully saturated rings. The summed E-state index contributed by atoms with van der Waals surface area (Å²) in [6.45, 7) is 8.93. The van der Waals surface area contributed by atoms with Crippen LogP contribution >= 0.6 is 0 Å². The van der Waals surface area contributed by atoms with Crippen LogP contribution in [-0.2, 0) is 6.54 Å². The Balaban J connectivity index is 1.92. The molecule has 112 valence electrons. The zero-order valence-corrected chi connectivity index (χ0v) is 13.5. The maximum absolute atomic E-state index is 6.50. The molecule has 2 atom stereocenters. The van der Waals surface area contributed by atoms with Crippen LogP contribution in [0.15, 0.2) is 24.3 Å². The van der Waals surface area contributed by atoms with E-state index >= 15 is 0 Å². The van der Waals surface area contributed by atoms with Crippen molar-refractivity contribution in [2.24, 2.45) is 17.1 Å². The predicted molar refractivity (Wildman–Crippen MR) is 86.6 cm³/mol. The minimum absolute atomic E-state index is 0.299. The first-order valence-corrected chi connectivity index (χ1v) is 7.88. The van der Waals surface area contributed by atoms with E-state index in [1.54, 1.807) is 0 Å². The Morgan fingerprint density at radius 3 is 2.80 bits per heavy atom. The van der Waals surface area contributed by atoms with Gasteiger partial charge in [-0.2, -0.15) is 0 Å². The molecule has 0 aromatic heterocycles. The number of hydrogen-bond acceptors (Lipinski definition) is 2. The third kappa shape index (κ3) is 3.83. The SMILES string of the molecule is Cc1cccc(CN(C)CC2CCCC(C)(C)C2N)c1. The van der Waals surface area contributed by atoms with Crippen LogP contribution in [0, 0.1) is 18.3 Å². The topological polar surface area (TPSA) is 29.3 Å². The molecule has 1 aliphatic rings. The van der Waals surface area contributed by atoms with Crippen molar-refractivity contribution in [3.05, 3.63) is 35.4 Å². The van der Waals surface area contributed by atoms with Crippen LogP contribution in [-0.4, -0.2) is 24.5 Å². The third-order valence-corrected chi connectivity index (χ3v) is 4.89. The average Bonchev–Trinajstić information content (AvgIpc) is 2.35. The van der Waals surface area contributed by atoms with E-state index < -0.39 is 0 Å². The molecule has 20 heavy (non-hydrogen) atoms. The van der Waals surface area contributed by atoms with Crippen LogP contribution in [0.4, 0.5) is 0 Å². The van der Waals surface area contributed by atoms with Gasteiger partial charge in [0.15, 0.2) is 0 Å². The predicted octanol–water partition coefficient (Wildman–Crippen LogP) is 3.58. The molecule has 0 saturated heterocycles. The maximum atomic E-state index is 6.50. The second-order valence-electron chi connectivity index (χ2n) is 7.35. The van der Waals surface area contributed by atoms with Crippen molar-refractivity contribution in [1.82, 2.24) is 4.90 Å². The van der Waals surface area contributed by atoms with Gasteiger partial charge in [0.05, 0.1) is 0 Å². The fraction of sp³-hybridized carbons (Fsp3) is 0.667. The Morgan fingerprint density at radius 1 is 1.35 bits per heavy atom. The lowest BCUT2D eigenvalue weighted by Gasteiger charge is -2.43. The summed E-state index contributed by atoms with van der Waals surface area (Å²) < 4.78 is 0. The van der Waals surface area contributed by atoms with E-state index in [2.05, 4.69) is 57.0 Å². The highest BCUT2D eigenvalue weighted by Gasteiger charge is 2.36. The molecule has 2 rings (SSSR count). The zero-order chi connectivity index (χ0) is 14.8. The van der Waals surface area contributed by atoms with Crippen molar-refractivity contribution in [2.45, 2.75) is 52.6 Å². The molecule has 0 spiro atoms. The Bertz CT molecular complexity index is 439. The minimum atomic E-state index is 0.299. The fourth-order valence-corrected chi connectivity index (χ4v) is 3.60. The van der Waals surface area contributed by atoms with E-state index in [-0.39, 0.29) is 0 Å². The normalized spacial score (nSPS) is 25.9. The molecule has 1 aromatic rings. The van der Waals surface area contributed by atoms with Gasteiger partial charge in [-0.15, -0.1) is 0 Å². The second kappa shape index (κ2) is 6.28. The van der Waals surface area contributed by atoms with Gasteiger partial charge in [-0.25, -0.2) is 0 Å². The Kier molecular flexibility index (Phi) is 4.87. The molecule has 2 nitrogen and oxygen atoms in total. The lowest BCUT2D eigenvalue weighted by Crippen LogP contribution is -2.49. The van der Waals surface area contributed by atoms with Crippen LogP contribution < -0.4 is 5.73 Å². The smallest absolute Gasteiger partial charge is 0.0230 e. The van der Waals surface area contributed by atoms with E-state index in [0.717, 1.165) is 13.1 Å². The van der Waals surface area contributed by atoms with E-state index in [1.807, 2.05) is 0 Å². The highest BCUT2D eigenvalue weighted by Crippen LogP contribution is 2.37. The van der Waals surface area contributed by atoms with Gasteiger partial charge in [-0.1, -0.05) is 50.1 Å². The van der Waals surface area contributed by atoms with Crippen LogP contribution in [0.5, 0.6) is 0 Å². The van der Waals surface area contributed by atoms with Gasteiger partial charge in [0.1, 0.15) is 0 Å². The van der Waals surface area contributed by atoms with Gasteiger partial charge < -0.3 is 10.6 Å². The lowest BCUT2D eigenvalue weighted by molar-refractivity contribution is 0.109. The first-order valence-electron chi connectivity index (χ1n) is 7.88. The first kappa shape index (κ1) is 15.5. The van der Waals surface area contributed by atoms with Gasteiger partial charge in [0.2, 0.25) is 0 Å². The van der Waals surface area contributed by atoms with Crippen LogP contribution in [0.25, 0.3) is 0 Å². The molecular formula is C18H30N2. The molecule has 1 saturated carbocycles. The summed E-state index contributed by atoms with van der Waals surface area (Å²) in [7, 11) is 2.22. The lowest BCUT2D eigenvalue weighted by atomic mass is 9.68. The van der Waals surface area contributed by atoms with E-state index in [0.29, 0.717) is 17.4 Å². The van der Waals surface area contributed by atoms with Crippen LogP contribution in [0.3, 0.4) is 0 Å². The van der Waals surface area contributed by atoms with E-state index in [4.69, 9.17) is 5.73 Å². The number of hydrogen-bond donors (Lipinski definition) is 1. The largest absolute Gasteiger partial charge is 0.327 e. The van der Waals surface area contributed by atoms with E-state index in [1.165, 1.54) is 30.4 Å². The molecule has 2 unspecified atom stereocenters. The molecule has 0 bridgehead atoms. The molecule has 0 radical (unpaired) electrons. The molecule has 1 aliphatic carbocycles. The van der Waals surface area contributed by atoms with Gasteiger partial charge in [-0.05, 0) is 43.7 Å². The number of nitrogens with zero attached hydrogens (tertiary/aromatic N) is 1. The monoisotopic (exact) mass is 274 g/mol. The molecule has 2 heteroatoms. The van der Waals surface area contributed by atoms with Gasteiger partial charge in [0.25, 0.3) is 0 Å². The maximum Gasteiger partial charge on any atom is 0.0230 e. The first-order chi connectivity index (χ1) is 9.38. The molecule has 0 amide bonds. The zero-order valence-electron chi connectivity index (χ0n) is 13.5. The van der Waals surface area contributed by atoms with Gasteiger partial charge in [0, 0.05) is 19.1 Å². The van der Waals surface area contributed by atoms with Crippen molar-refractivity contribution in [3.8, 4) is 0 Å². The summed E-state index contributed by atoms with van der Waals surface area (Å²) in [5.41, 5.74) is 9.53. The number of aryl methyl sites for hydroxylation is 1. The molecule has 2 N–H and O–H groups in total. The van der Waals surface area contributed by atoms with Crippen molar-refractivity contribution >= 4 is 0 Å². The highest BCUT2D eigenvalue weighted by atomic mass is 15.1.